The molecule has 202 valence electrons. The third-order valence-corrected chi connectivity index (χ3v) is 5.73. The lowest BCUT2D eigenvalue weighted by Gasteiger charge is -2.39. The number of benzene rings is 2. The summed E-state index contributed by atoms with van der Waals surface area (Å²) in [5, 5.41) is 13.8. The number of hydrogen-bond donors (Lipinski definition) is 2. The van der Waals surface area contributed by atoms with Gasteiger partial charge in [-0.1, -0.05) is 29.4 Å². The van der Waals surface area contributed by atoms with Gasteiger partial charge in [-0.15, -0.1) is 13.2 Å². The van der Waals surface area contributed by atoms with Gasteiger partial charge in [0.15, 0.2) is 0 Å². The first-order valence-electron chi connectivity index (χ1n) is 11.4. The molecule has 1 aliphatic rings. The molecule has 4 aromatic rings. The number of aromatic nitrogens is 3. The Morgan fingerprint density at radius 3 is 2.56 bits per heavy atom. The van der Waals surface area contributed by atoms with E-state index >= 15 is 0 Å². The fraction of sp³-hybridized carbons (Fsp3) is 0.192. The van der Waals surface area contributed by atoms with Crippen LogP contribution in [0.15, 0.2) is 71.4 Å². The topological polar surface area (TPSA) is 137 Å². The van der Waals surface area contributed by atoms with Crippen LogP contribution in [-0.4, -0.2) is 45.6 Å². The maximum absolute atomic E-state index is 13.5. The molecule has 0 saturated heterocycles. The van der Waals surface area contributed by atoms with Crippen LogP contribution in [-0.2, 0) is 10.3 Å². The van der Waals surface area contributed by atoms with Gasteiger partial charge in [0.25, 0.3) is 12.4 Å². The Kier molecular flexibility index (Phi) is 7.79. The number of rotatable bonds is 5. The highest BCUT2D eigenvalue weighted by Gasteiger charge is 2.43. The van der Waals surface area contributed by atoms with Crippen molar-refractivity contribution in [2.24, 2.45) is 0 Å². The summed E-state index contributed by atoms with van der Waals surface area (Å²) in [6.07, 6.45) is -2.96. The van der Waals surface area contributed by atoms with Crippen LogP contribution in [0.5, 0.6) is 11.5 Å². The molecule has 0 aliphatic carbocycles. The van der Waals surface area contributed by atoms with Gasteiger partial charge >= 0.3 is 6.36 Å². The van der Waals surface area contributed by atoms with Crippen LogP contribution in [0.1, 0.15) is 33.9 Å². The van der Waals surface area contributed by atoms with E-state index in [0.29, 0.717) is 46.3 Å². The molecule has 0 bridgehead atoms. The molecule has 3 heterocycles. The maximum atomic E-state index is 13.5. The number of alkyl halides is 3. The van der Waals surface area contributed by atoms with E-state index in [-0.39, 0.29) is 18.8 Å². The molecule has 2 aromatic carbocycles. The van der Waals surface area contributed by atoms with Crippen LogP contribution in [0.2, 0.25) is 0 Å². The summed E-state index contributed by atoms with van der Waals surface area (Å²) >= 11 is 0. The van der Waals surface area contributed by atoms with Crippen molar-refractivity contribution in [2.75, 3.05) is 6.61 Å². The van der Waals surface area contributed by atoms with E-state index in [1.54, 1.807) is 49.5 Å². The number of carboxylic acid groups (broad SMARTS) is 1. The van der Waals surface area contributed by atoms with Crippen molar-refractivity contribution < 1.29 is 41.9 Å². The number of hydrogen-bond acceptors (Lipinski definition) is 8. The van der Waals surface area contributed by atoms with Crippen LogP contribution in [0.25, 0.3) is 11.4 Å². The lowest BCUT2D eigenvalue weighted by Crippen LogP contribution is -2.50. The molecule has 0 fully saturated rings. The number of amides is 1. The van der Waals surface area contributed by atoms with E-state index in [1.165, 1.54) is 24.3 Å². The van der Waals surface area contributed by atoms with Crippen molar-refractivity contribution in [1.29, 1.82) is 0 Å². The molecule has 2 aromatic heterocycles. The number of nitrogens with one attached hydrogen (secondary N) is 1. The Morgan fingerprint density at radius 2 is 1.90 bits per heavy atom. The van der Waals surface area contributed by atoms with Gasteiger partial charge in [-0.3, -0.25) is 14.6 Å². The Morgan fingerprint density at radius 1 is 1.15 bits per heavy atom. The zero-order chi connectivity index (χ0) is 28.0. The molecule has 39 heavy (non-hydrogen) atoms. The smallest absolute Gasteiger partial charge is 0.491 e. The summed E-state index contributed by atoms with van der Waals surface area (Å²) in [4.78, 5) is 30.5. The van der Waals surface area contributed by atoms with E-state index in [0.717, 1.165) is 0 Å². The normalized spacial score (nSPS) is 16.1. The van der Waals surface area contributed by atoms with E-state index in [1.807, 2.05) is 0 Å². The molecule has 5 rings (SSSR count). The van der Waals surface area contributed by atoms with Gasteiger partial charge in [-0.2, -0.15) is 4.98 Å². The minimum Gasteiger partial charge on any atom is -0.491 e. The van der Waals surface area contributed by atoms with Crippen LogP contribution in [0, 0.1) is 6.92 Å². The lowest BCUT2D eigenvalue weighted by molar-refractivity contribution is -0.274. The number of carbonyl (C=O) groups excluding carboxylic acids is 1. The van der Waals surface area contributed by atoms with Crippen molar-refractivity contribution in [3.63, 3.8) is 0 Å². The largest absolute Gasteiger partial charge is 0.573 e. The predicted molar refractivity (Wildman–Crippen MR) is 129 cm³/mol. The predicted octanol–water partition coefficient (Wildman–Crippen LogP) is 4.50. The van der Waals surface area contributed by atoms with Crippen LogP contribution in [0.4, 0.5) is 13.2 Å². The van der Waals surface area contributed by atoms with Crippen molar-refractivity contribution in [3.05, 3.63) is 89.6 Å². The van der Waals surface area contributed by atoms with Crippen LogP contribution < -0.4 is 14.8 Å². The summed E-state index contributed by atoms with van der Waals surface area (Å²) in [6.45, 7) is 1.67. The molecule has 0 spiro atoms. The van der Waals surface area contributed by atoms with E-state index < -0.39 is 17.8 Å². The molecular formula is C26H21F3N4O6. The van der Waals surface area contributed by atoms with E-state index in [4.69, 9.17) is 19.2 Å². The van der Waals surface area contributed by atoms with Gasteiger partial charge in [0.05, 0.1) is 6.61 Å². The average molecular weight is 542 g/mol. The van der Waals surface area contributed by atoms with Gasteiger partial charge in [0.1, 0.15) is 22.7 Å². The quantitative estimate of drug-likeness (QED) is 0.349. The van der Waals surface area contributed by atoms with Crippen molar-refractivity contribution >= 4 is 12.4 Å². The highest BCUT2D eigenvalue weighted by Crippen LogP contribution is 2.41. The van der Waals surface area contributed by atoms with E-state index in [2.05, 4.69) is 25.2 Å². The fourth-order valence-corrected chi connectivity index (χ4v) is 4.16. The molecule has 1 atom stereocenters. The third kappa shape index (κ3) is 6.14. The standard InChI is InChI=1S/C25H19F3N4O4.CH2O2/c1-15-30-22(32-36-15)16-4-2-5-17(14-16)23(33)31-24(11-13-34-20-6-3-12-29-21(20)24)18-7-9-19(10-8-18)35-25(26,27)28;2-1-3/h2-10,12,14H,11,13H2,1H3,(H,31,33);1H,(H,2,3)/t24-;/m0./s1. The minimum absolute atomic E-state index is 0.250. The maximum Gasteiger partial charge on any atom is 0.573 e. The molecule has 2 N–H and O–H groups in total. The van der Waals surface area contributed by atoms with Gasteiger partial charge in [-0.25, -0.2) is 0 Å². The second-order valence-corrected chi connectivity index (χ2v) is 8.20. The Balaban J connectivity index is 0.00000112. The summed E-state index contributed by atoms with van der Waals surface area (Å²) in [5.41, 5.74) is 0.724. The second kappa shape index (κ2) is 11.2. The number of halogens is 3. The highest BCUT2D eigenvalue weighted by atomic mass is 19.4. The first kappa shape index (κ1) is 27.1. The Hall–Kier alpha value is -4.94. The van der Waals surface area contributed by atoms with Gasteiger partial charge in [0.2, 0.25) is 11.7 Å². The van der Waals surface area contributed by atoms with Crippen LogP contribution in [0.3, 0.4) is 0 Å². The molecule has 10 nitrogen and oxygen atoms in total. The average Bonchev–Trinajstić information content (AvgIpc) is 3.35. The molecule has 1 aliphatic heterocycles. The summed E-state index contributed by atoms with van der Waals surface area (Å²) < 4.78 is 52.8. The molecule has 0 saturated carbocycles. The Bertz CT molecular complexity index is 1460. The number of fused-ring (bicyclic) bond motifs is 1. The van der Waals surface area contributed by atoms with Gasteiger partial charge in [0, 0.05) is 30.7 Å². The molecule has 0 unspecified atom stereocenters. The third-order valence-electron chi connectivity index (χ3n) is 5.73. The van der Waals surface area contributed by atoms with Crippen LogP contribution >= 0.6 is 0 Å². The molecular weight excluding hydrogens is 521 g/mol. The fourth-order valence-electron chi connectivity index (χ4n) is 4.16. The van der Waals surface area contributed by atoms with Crippen molar-refractivity contribution in [2.45, 2.75) is 25.2 Å². The summed E-state index contributed by atoms with van der Waals surface area (Å²) in [5.74, 6) is 0.405. The SMILES string of the molecule is Cc1nc(-c2cccc(C(=O)N[C@]3(c4ccc(OC(F)(F)F)cc4)CCOc4cccnc43)c2)no1.O=CO. The number of aryl methyl sites for hydroxylation is 1. The second-order valence-electron chi connectivity index (χ2n) is 8.20. The van der Waals surface area contributed by atoms with E-state index in [9.17, 15) is 18.0 Å². The molecule has 1 amide bonds. The van der Waals surface area contributed by atoms with Crippen molar-refractivity contribution in [1.82, 2.24) is 20.4 Å². The summed E-state index contributed by atoms with van der Waals surface area (Å²) in [7, 11) is 0. The van der Waals surface area contributed by atoms with Gasteiger partial charge < -0.3 is 24.4 Å². The van der Waals surface area contributed by atoms with Crippen molar-refractivity contribution in [3.8, 4) is 22.9 Å². The Labute approximate surface area is 219 Å². The molecule has 0 radical (unpaired) electrons. The first-order chi connectivity index (χ1) is 18.6. The number of pyridine rings is 1. The zero-order valence-corrected chi connectivity index (χ0v) is 20.3. The van der Waals surface area contributed by atoms with Gasteiger partial charge in [-0.05, 0) is 42.0 Å². The molecule has 13 heteroatoms. The number of ether oxygens (including phenoxy) is 2. The zero-order valence-electron chi connectivity index (χ0n) is 20.3. The number of carbonyl (C=O) groups is 2. The lowest BCUT2D eigenvalue weighted by atomic mass is 9.81. The number of nitrogens with zero attached hydrogens (tertiary/aromatic N) is 3. The highest BCUT2D eigenvalue weighted by molar-refractivity contribution is 5.96. The minimum atomic E-state index is -4.82. The summed E-state index contributed by atoms with van der Waals surface area (Å²) in [6, 6.07) is 15.5. The first-order valence-corrected chi connectivity index (χ1v) is 11.4. The monoisotopic (exact) mass is 542 g/mol.